The standard InChI is InChI=1S/C11H15NO/c1-9(11(13)12(2)3)10-7-5-4-6-8-10/h4-9H,1-3H3/t9-/m1/s1. The summed E-state index contributed by atoms with van der Waals surface area (Å²) in [7, 11) is 3.56. The molecule has 0 unspecified atom stereocenters. The van der Waals surface area contributed by atoms with E-state index in [1.807, 2.05) is 37.3 Å². The molecular weight excluding hydrogens is 162 g/mol. The Kier molecular flexibility index (Phi) is 3.07. The van der Waals surface area contributed by atoms with Gasteiger partial charge in [-0.2, -0.15) is 0 Å². The lowest BCUT2D eigenvalue weighted by Crippen LogP contribution is -2.26. The highest BCUT2D eigenvalue weighted by atomic mass is 16.2. The average molecular weight is 177 g/mol. The van der Waals surface area contributed by atoms with Gasteiger partial charge in [-0.05, 0) is 12.5 Å². The Morgan fingerprint density at radius 1 is 1.23 bits per heavy atom. The van der Waals surface area contributed by atoms with Gasteiger partial charge in [0.05, 0.1) is 5.92 Å². The van der Waals surface area contributed by atoms with Crippen molar-refractivity contribution in [2.24, 2.45) is 0 Å². The van der Waals surface area contributed by atoms with Gasteiger partial charge in [-0.1, -0.05) is 30.3 Å². The highest BCUT2D eigenvalue weighted by Gasteiger charge is 2.15. The van der Waals surface area contributed by atoms with Crippen molar-refractivity contribution in [2.75, 3.05) is 14.1 Å². The first-order valence-electron chi connectivity index (χ1n) is 4.39. The lowest BCUT2D eigenvalue weighted by atomic mass is 10.0. The molecule has 0 spiro atoms. The number of benzene rings is 1. The van der Waals surface area contributed by atoms with Crippen LogP contribution in [0.3, 0.4) is 0 Å². The average Bonchev–Trinajstić information content (AvgIpc) is 2.17. The Morgan fingerprint density at radius 2 is 1.77 bits per heavy atom. The third kappa shape index (κ3) is 2.31. The Morgan fingerprint density at radius 3 is 2.23 bits per heavy atom. The lowest BCUT2D eigenvalue weighted by molar-refractivity contribution is -0.129. The first-order valence-corrected chi connectivity index (χ1v) is 4.39. The second-order valence-electron chi connectivity index (χ2n) is 3.37. The van der Waals surface area contributed by atoms with Crippen molar-refractivity contribution >= 4 is 5.91 Å². The number of rotatable bonds is 2. The molecule has 2 heteroatoms. The first-order chi connectivity index (χ1) is 6.13. The van der Waals surface area contributed by atoms with Crippen LogP contribution in [-0.2, 0) is 4.79 Å². The Hall–Kier alpha value is -1.31. The van der Waals surface area contributed by atoms with E-state index < -0.39 is 0 Å². The molecule has 0 N–H and O–H groups in total. The molecule has 13 heavy (non-hydrogen) atoms. The van der Waals surface area contributed by atoms with Crippen LogP contribution >= 0.6 is 0 Å². The van der Waals surface area contributed by atoms with Crippen LogP contribution < -0.4 is 0 Å². The predicted molar refractivity (Wildman–Crippen MR) is 53.6 cm³/mol. The Balaban J connectivity index is 2.80. The van der Waals surface area contributed by atoms with Gasteiger partial charge in [-0.25, -0.2) is 0 Å². The van der Waals surface area contributed by atoms with E-state index in [1.54, 1.807) is 19.0 Å². The molecule has 0 aliphatic heterocycles. The van der Waals surface area contributed by atoms with Gasteiger partial charge in [0, 0.05) is 14.1 Å². The van der Waals surface area contributed by atoms with Gasteiger partial charge in [0.25, 0.3) is 0 Å². The molecule has 0 aliphatic rings. The molecule has 1 rings (SSSR count). The predicted octanol–water partition coefficient (Wildman–Crippen LogP) is 1.88. The van der Waals surface area contributed by atoms with Crippen LogP contribution in [0.25, 0.3) is 0 Å². The molecule has 0 fully saturated rings. The normalized spacial score (nSPS) is 12.2. The molecule has 0 saturated heterocycles. The monoisotopic (exact) mass is 177 g/mol. The fraction of sp³-hybridized carbons (Fsp3) is 0.364. The van der Waals surface area contributed by atoms with Crippen molar-refractivity contribution in [3.8, 4) is 0 Å². The Bertz CT molecular complexity index is 279. The maximum atomic E-state index is 11.6. The summed E-state index contributed by atoms with van der Waals surface area (Å²) in [4.78, 5) is 13.2. The van der Waals surface area contributed by atoms with Gasteiger partial charge < -0.3 is 4.90 Å². The lowest BCUT2D eigenvalue weighted by Gasteiger charge is -2.16. The van der Waals surface area contributed by atoms with Crippen LogP contribution in [-0.4, -0.2) is 24.9 Å². The van der Waals surface area contributed by atoms with Gasteiger partial charge >= 0.3 is 0 Å². The minimum absolute atomic E-state index is 0.0452. The second kappa shape index (κ2) is 4.08. The smallest absolute Gasteiger partial charge is 0.229 e. The van der Waals surface area contributed by atoms with Crippen molar-refractivity contribution in [1.82, 2.24) is 4.90 Å². The van der Waals surface area contributed by atoms with Crippen molar-refractivity contribution < 1.29 is 4.79 Å². The molecule has 0 bridgehead atoms. The molecular formula is C11H15NO. The van der Waals surface area contributed by atoms with Gasteiger partial charge in [0.15, 0.2) is 0 Å². The van der Waals surface area contributed by atoms with E-state index in [1.165, 1.54) is 0 Å². The van der Waals surface area contributed by atoms with E-state index in [4.69, 9.17) is 0 Å². The molecule has 0 radical (unpaired) electrons. The molecule has 1 aromatic carbocycles. The zero-order valence-electron chi connectivity index (χ0n) is 8.32. The van der Waals surface area contributed by atoms with E-state index >= 15 is 0 Å². The summed E-state index contributed by atoms with van der Waals surface area (Å²) >= 11 is 0. The molecule has 0 heterocycles. The van der Waals surface area contributed by atoms with Gasteiger partial charge in [-0.15, -0.1) is 0 Å². The zero-order valence-corrected chi connectivity index (χ0v) is 8.32. The van der Waals surface area contributed by atoms with Crippen LogP contribution in [0, 0.1) is 0 Å². The number of likely N-dealkylation sites (N-methyl/N-ethyl adjacent to an activating group) is 1. The Labute approximate surface area is 79.2 Å². The summed E-state index contributed by atoms with van der Waals surface area (Å²) in [5.41, 5.74) is 1.07. The maximum absolute atomic E-state index is 11.6. The van der Waals surface area contributed by atoms with Crippen molar-refractivity contribution in [3.05, 3.63) is 35.9 Å². The number of nitrogens with zero attached hydrogens (tertiary/aromatic N) is 1. The quantitative estimate of drug-likeness (QED) is 0.675. The highest BCUT2D eigenvalue weighted by molar-refractivity contribution is 5.82. The topological polar surface area (TPSA) is 20.3 Å². The molecule has 0 aliphatic carbocycles. The van der Waals surface area contributed by atoms with Gasteiger partial charge in [0.1, 0.15) is 0 Å². The fourth-order valence-corrected chi connectivity index (χ4v) is 1.27. The number of amides is 1. The van der Waals surface area contributed by atoms with E-state index in [-0.39, 0.29) is 11.8 Å². The zero-order chi connectivity index (χ0) is 9.84. The van der Waals surface area contributed by atoms with E-state index in [0.29, 0.717) is 0 Å². The van der Waals surface area contributed by atoms with E-state index in [0.717, 1.165) is 5.56 Å². The van der Waals surface area contributed by atoms with Crippen molar-refractivity contribution in [3.63, 3.8) is 0 Å². The fourth-order valence-electron chi connectivity index (χ4n) is 1.27. The molecule has 0 saturated carbocycles. The van der Waals surface area contributed by atoms with Gasteiger partial charge in [0.2, 0.25) is 5.91 Å². The SMILES string of the molecule is C[C@@H](C(=O)N(C)C)c1ccccc1. The van der Waals surface area contributed by atoms with Gasteiger partial charge in [-0.3, -0.25) is 4.79 Å². The summed E-state index contributed by atoms with van der Waals surface area (Å²) in [6.45, 7) is 1.93. The number of carbonyl (C=O) groups excluding carboxylic acids is 1. The molecule has 1 aromatic rings. The summed E-state index contributed by atoms with van der Waals surface area (Å²) in [5.74, 6) is 0.0994. The van der Waals surface area contributed by atoms with Crippen molar-refractivity contribution in [1.29, 1.82) is 0 Å². The second-order valence-corrected chi connectivity index (χ2v) is 3.37. The first kappa shape index (κ1) is 9.78. The minimum atomic E-state index is -0.0452. The summed E-state index contributed by atoms with van der Waals surface area (Å²) in [6, 6.07) is 9.82. The molecule has 1 atom stereocenters. The summed E-state index contributed by atoms with van der Waals surface area (Å²) < 4.78 is 0. The minimum Gasteiger partial charge on any atom is -0.348 e. The summed E-state index contributed by atoms with van der Waals surface area (Å²) in [6.07, 6.45) is 0. The molecule has 70 valence electrons. The van der Waals surface area contributed by atoms with Crippen LogP contribution in [0.2, 0.25) is 0 Å². The largest absolute Gasteiger partial charge is 0.348 e. The third-order valence-electron chi connectivity index (χ3n) is 2.11. The highest BCUT2D eigenvalue weighted by Crippen LogP contribution is 2.15. The van der Waals surface area contributed by atoms with Crippen LogP contribution in [0.4, 0.5) is 0 Å². The molecule has 0 aromatic heterocycles. The molecule has 1 amide bonds. The summed E-state index contributed by atoms with van der Waals surface area (Å²) in [5, 5.41) is 0. The van der Waals surface area contributed by atoms with Crippen LogP contribution in [0.5, 0.6) is 0 Å². The number of hydrogen-bond acceptors (Lipinski definition) is 1. The van der Waals surface area contributed by atoms with Crippen LogP contribution in [0.1, 0.15) is 18.4 Å². The van der Waals surface area contributed by atoms with Crippen molar-refractivity contribution in [2.45, 2.75) is 12.8 Å². The maximum Gasteiger partial charge on any atom is 0.229 e. The number of carbonyl (C=O) groups is 1. The third-order valence-corrected chi connectivity index (χ3v) is 2.11. The van der Waals surface area contributed by atoms with E-state index in [9.17, 15) is 4.79 Å². The molecule has 2 nitrogen and oxygen atoms in total. The number of hydrogen-bond donors (Lipinski definition) is 0. The van der Waals surface area contributed by atoms with E-state index in [2.05, 4.69) is 0 Å². The van der Waals surface area contributed by atoms with Crippen LogP contribution in [0.15, 0.2) is 30.3 Å².